The summed E-state index contributed by atoms with van der Waals surface area (Å²) in [6.07, 6.45) is 4.39. The van der Waals surface area contributed by atoms with Crippen molar-refractivity contribution in [2.45, 2.75) is 31.5 Å². The minimum absolute atomic E-state index is 0.371. The Hall–Kier alpha value is -1.90. The predicted octanol–water partition coefficient (Wildman–Crippen LogP) is 3.44. The first-order valence-electron chi connectivity index (χ1n) is 7.37. The van der Waals surface area contributed by atoms with Gasteiger partial charge < -0.3 is 10.2 Å². The van der Waals surface area contributed by atoms with Crippen molar-refractivity contribution in [1.29, 1.82) is 0 Å². The summed E-state index contributed by atoms with van der Waals surface area (Å²) in [6.45, 7) is 0. The highest BCUT2D eigenvalue weighted by atomic mass is 16.3. The monoisotopic (exact) mass is 282 g/mol. The number of benzene rings is 2. The van der Waals surface area contributed by atoms with Crippen LogP contribution in [0.25, 0.3) is 6.08 Å². The highest BCUT2D eigenvalue weighted by Gasteiger charge is 2.09. The Morgan fingerprint density at radius 3 is 2.14 bits per heavy atom. The molecule has 2 atom stereocenters. The molecule has 0 aliphatic heterocycles. The van der Waals surface area contributed by atoms with Crippen molar-refractivity contribution < 1.29 is 10.2 Å². The van der Waals surface area contributed by atoms with E-state index < -0.39 is 12.2 Å². The number of rotatable bonds is 7. The van der Waals surface area contributed by atoms with Crippen LogP contribution in [0, 0.1) is 0 Å². The average molecular weight is 282 g/mol. The maximum absolute atomic E-state index is 9.98. The molecule has 0 unspecified atom stereocenters. The summed E-state index contributed by atoms with van der Waals surface area (Å²) in [5.74, 6) is 0. The third-order valence-corrected chi connectivity index (χ3v) is 3.43. The van der Waals surface area contributed by atoms with Crippen molar-refractivity contribution in [3.05, 3.63) is 77.9 Å². The minimum atomic E-state index is -0.615. The topological polar surface area (TPSA) is 40.5 Å². The second-order valence-electron chi connectivity index (χ2n) is 5.25. The fourth-order valence-corrected chi connectivity index (χ4v) is 2.24. The molecule has 0 heterocycles. The van der Waals surface area contributed by atoms with Gasteiger partial charge in [-0.1, -0.05) is 72.8 Å². The molecule has 0 saturated heterocycles. The Kier molecular flexibility index (Phi) is 6.20. The molecule has 2 heteroatoms. The van der Waals surface area contributed by atoms with Gasteiger partial charge in [0.25, 0.3) is 0 Å². The zero-order valence-electron chi connectivity index (χ0n) is 12.1. The minimum Gasteiger partial charge on any atom is -0.393 e. The lowest BCUT2D eigenvalue weighted by Crippen LogP contribution is -2.16. The molecule has 0 fully saturated rings. The summed E-state index contributed by atoms with van der Waals surface area (Å²) in [5, 5.41) is 19.9. The molecule has 0 aliphatic carbocycles. The van der Waals surface area contributed by atoms with Crippen LogP contribution in [0.3, 0.4) is 0 Å². The lowest BCUT2D eigenvalue weighted by atomic mass is 10.0. The molecular weight excluding hydrogens is 260 g/mol. The first kappa shape index (κ1) is 15.5. The normalized spacial score (nSPS) is 14.2. The standard InChI is InChI=1S/C19H22O2/c20-18(13-11-16-7-3-1-4-8-16)15-19(21)14-12-17-9-5-2-6-10-17/h1-11,13,18-21H,12,14-15H2/b13-11+/t18-,19-/m0/s1. The summed E-state index contributed by atoms with van der Waals surface area (Å²) in [5.41, 5.74) is 2.26. The number of aliphatic hydroxyl groups is 2. The van der Waals surface area contributed by atoms with Crippen LogP contribution in [0.15, 0.2) is 66.7 Å². The molecule has 0 amide bonds. The van der Waals surface area contributed by atoms with E-state index in [1.165, 1.54) is 5.56 Å². The van der Waals surface area contributed by atoms with Crippen LogP contribution < -0.4 is 0 Å². The molecule has 2 aromatic carbocycles. The Bertz CT molecular complexity index is 534. The summed E-state index contributed by atoms with van der Waals surface area (Å²) in [6, 6.07) is 19.9. The van der Waals surface area contributed by atoms with E-state index >= 15 is 0 Å². The van der Waals surface area contributed by atoms with E-state index in [2.05, 4.69) is 12.1 Å². The van der Waals surface area contributed by atoms with Crippen molar-refractivity contribution in [3.63, 3.8) is 0 Å². The third-order valence-electron chi connectivity index (χ3n) is 3.43. The maximum Gasteiger partial charge on any atom is 0.0748 e. The first-order valence-corrected chi connectivity index (χ1v) is 7.37. The Labute approximate surface area is 126 Å². The fourth-order valence-electron chi connectivity index (χ4n) is 2.24. The number of aryl methyl sites for hydroxylation is 1. The van der Waals surface area contributed by atoms with E-state index in [9.17, 15) is 10.2 Å². The van der Waals surface area contributed by atoms with Crippen LogP contribution in [0.5, 0.6) is 0 Å². The van der Waals surface area contributed by atoms with Gasteiger partial charge in [-0.15, -0.1) is 0 Å². The predicted molar refractivity (Wildman–Crippen MR) is 86.9 cm³/mol. The maximum atomic E-state index is 9.98. The molecule has 0 aromatic heterocycles. The second kappa shape index (κ2) is 8.40. The Morgan fingerprint density at radius 1 is 0.857 bits per heavy atom. The van der Waals surface area contributed by atoms with Crippen LogP contribution in [-0.4, -0.2) is 22.4 Å². The van der Waals surface area contributed by atoms with Gasteiger partial charge >= 0.3 is 0 Å². The highest BCUT2D eigenvalue weighted by Crippen LogP contribution is 2.11. The fraction of sp³-hybridized carbons (Fsp3) is 0.263. The van der Waals surface area contributed by atoms with E-state index in [1.54, 1.807) is 6.08 Å². The Balaban J connectivity index is 1.74. The van der Waals surface area contributed by atoms with Gasteiger partial charge in [0, 0.05) is 6.42 Å². The van der Waals surface area contributed by atoms with Gasteiger partial charge in [0.2, 0.25) is 0 Å². The molecule has 2 nitrogen and oxygen atoms in total. The molecule has 2 N–H and O–H groups in total. The molecule has 0 saturated carbocycles. The van der Waals surface area contributed by atoms with Gasteiger partial charge in [-0.3, -0.25) is 0 Å². The molecule has 0 radical (unpaired) electrons. The molecule has 2 rings (SSSR count). The van der Waals surface area contributed by atoms with Gasteiger partial charge in [0.15, 0.2) is 0 Å². The van der Waals surface area contributed by atoms with Crippen molar-refractivity contribution in [3.8, 4) is 0 Å². The summed E-state index contributed by atoms with van der Waals surface area (Å²) >= 11 is 0. The molecule has 110 valence electrons. The lowest BCUT2D eigenvalue weighted by Gasteiger charge is -2.13. The zero-order chi connectivity index (χ0) is 14.9. The van der Waals surface area contributed by atoms with E-state index in [4.69, 9.17) is 0 Å². The number of aliphatic hydroxyl groups excluding tert-OH is 2. The molecule has 0 bridgehead atoms. The van der Waals surface area contributed by atoms with Crippen molar-refractivity contribution >= 4 is 6.08 Å². The molecule has 0 spiro atoms. The van der Waals surface area contributed by atoms with Crippen LogP contribution in [0.4, 0.5) is 0 Å². The highest BCUT2D eigenvalue weighted by molar-refractivity contribution is 5.49. The third kappa shape index (κ3) is 5.94. The van der Waals surface area contributed by atoms with Gasteiger partial charge in [-0.05, 0) is 24.0 Å². The number of hydrogen-bond acceptors (Lipinski definition) is 2. The second-order valence-corrected chi connectivity index (χ2v) is 5.25. The summed E-state index contributed by atoms with van der Waals surface area (Å²) < 4.78 is 0. The quantitative estimate of drug-likeness (QED) is 0.816. The zero-order valence-corrected chi connectivity index (χ0v) is 12.1. The molecule has 2 aromatic rings. The summed E-state index contributed by atoms with van der Waals surface area (Å²) in [4.78, 5) is 0. The molecule has 21 heavy (non-hydrogen) atoms. The van der Waals surface area contributed by atoms with Gasteiger partial charge in [0.1, 0.15) is 0 Å². The van der Waals surface area contributed by atoms with E-state index in [1.807, 2.05) is 54.6 Å². The van der Waals surface area contributed by atoms with Gasteiger partial charge in [-0.25, -0.2) is 0 Å². The average Bonchev–Trinajstić information content (AvgIpc) is 2.53. The van der Waals surface area contributed by atoms with Crippen molar-refractivity contribution in [1.82, 2.24) is 0 Å². The van der Waals surface area contributed by atoms with Crippen LogP contribution in [0.2, 0.25) is 0 Å². The van der Waals surface area contributed by atoms with Gasteiger partial charge in [-0.2, -0.15) is 0 Å². The lowest BCUT2D eigenvalue weighted by molar-refractivity contribution is 0.0983. The first-order chi connectivity index (χ1) is 10.2. The SMILES string of the molecule is O[C@@H](CCc1ccccc1)C[C@@H](O)/C=C/c1ccccc1. The van der Waals surface area contributed by atoms with Crippen molar-refractivity contribution in [2.24, 2.45) is 0 Å². The van der Waals surface area contributed by atoms with E-state index in [0.29, 0.717) is 12.8 Å². The summed E-state index contributed by atoms with van der Waals surface area (Å²) in [7, 11) is 0. The molecular formula is C19H22O2. The smallest absolute Gasteiger partial charge is 0.0748 e. The van der Waals surface area contributed by atoms with Gasteiger partial charge in [0.05, 0.1) is 12.2 Å². The van der Waals surface area contributed by atoms with E-state index in [-0.39, 0.29) is 0 Å². The Morgan fingerprint density at radius 2 is 1.48 bits per heavy atom. The van der Waals surface area contributed by atoms with Crippen LogP contribution in [-0.2, 0) is 6.42 Å². The molecule has 0 aliphatic rings. The van der Waals surface area contributed by atoms with Crippen LogP contribution in [0.1, 0.15) is 24.0 Å². The number of hydrogen-bond donors (Lipinski definition) is 2. The largest absolute Gasteiger partial charge is 0.393 e. The van der Waals surface area contributed by atoms with E-state index in [0.717, 1.165) is 12.0 Å². The van der Waals surface area contributed by atoms with Crippen LogP contribution >= 0.6 is 0 Å². The van der Waals surface area contributed by atoms with Crippen molar-refractivity contribution in [2.75, 3.05) is 0 Å².